The zero-order valence-electron chi connectivity index (χ0n) is 16.2. The smallest absolute Gasteiger partial charge is 0.130 e. The summed E-state index contributed by atoms with van der Waals surface area (Å²) in [6.07, 6.45) is 0. The van der Waals surface area contributed by atoms with Crippen LogP contribution in [0, 0.1) is 34.6 Å². The van der Waals surface area contributed by atoms with Crippen molar-refractivity contribution in [2.45, 2.75) is 60.5 Å². The van der Waals surface area contributed by atoms with Crippen LogP contribution in [0.3, 0.4) is 0 Å². The van der Waals surface area contributed by atoms with Crippen LogP contribution >= 0.6 is 0 Å². The highest BCUT2D eigenvalue weighted by atomic mass is 16.6. The largest absolute Gasteiger partial charge is 0.364 e. The van der Waals surface area contributed by atoms with Gasteiger partial charge in [-0.15, -0.1) is 0 Å². The Morgan fingerprint density at radius 2 is 1.85 bits per heavy atom. The maximum Gasteiger partial charge on any atom is 0.130 e. The molecule has 0 aromatic carbocycles. The minimum Gasteiger partial charge on any atom is -0.364 e. The van der Waals surface area contributed by atoms with Crippen LogP contribution in [-0.2, 0) is 13.1 Å². The maximum absolute atomic E-state index is 4.73. The highest BCUT2D eigenvalue weighted by Gasteiger charge is 2.15. The van der Waals surface area contributed by atoms with Gasteiger partial charge < -0.3 is 5.32 Å². The van der Waals surface area contributed by atoms with Gasteiger partial charge in [-0.3, -0.25) is 4.68 Å². The van der Waals surface area contributed by atoms with Gasteiger partial charge in [0.1, 0.15) is 23.0 Å². The third-order valence-corrected chi connectivity index (χ3v) is 4.74. The van der Waals surface area contributed by atoms with E-state index in [1.165, 1.54) is 11.3 Å². The second-order valence-electron chi connectivity index (χ2n) is 6.75. The van der Waals surface area contributed by atoms with E-state index < -0.39 is 0 Å². The van der Waals surface area contributed by atoms with Crippen molar-refractivity contribution in [1.82, 2.24) is 30.1 Å². The van der Waals surface area contributed by atoms with Gasteiger partial charge >= 0.3 is 0 Å². The molecule has 0 aliphatic rings. The van der Waals surface area contributed by atoms with Crippen molar-refractivity contribution >= 4 is 5.82 Å². The number of nitrogens with one attached hydrogen (secondary N) is 1. The predicted octanol–water partition coefficient (Wildman–Crippen LogP) is 3.01. The van der Waals surface area contributed by atoms with Gasteiger partial charge in [-0.25, -0.2) is 14.6 Å². The average Bonchev–Trinajstić information content (AvgIpc) is 3.11. The molecule has 0 saturated carbocycles. The standard InChI is InChI=1S/C18H25N7O/c1-10(9-25-14(5)11(2)12(3)22-25)16-7-18(21-15(6)20-16)19-8-17-13(4)23-26-24-17/h7,10H,8-9H2,1-6H3,(H,19,20,21)/t10-/m1/s1. The van der Waals surface area contributed by atoms with Gasteiger partial charge in [0.15, 0.2) is 0 Å². The molecular formula is C18H25N7O. The summed E-state index contributed by atoms with van der Waals surface area (Å²) in [5, 5.41) is 15.6. The van der Waals surface area contributed by atoms with Gasteiger partial charge in [0.2, 0.25) is 0 Å². The van der Waals surface area contributed by atoms with Gasteiger partial charge in [-0.2, -0.15) is 5.10 Å². The van der Waals surface area contributed by atoms with Crippen LogP contribution < -0.4 is 5.32 Å². The van der Waals surface area contributed by atoms with E-state index in [0.29, 0.717) is 6.54 Å². The van der Waals surface area contributed by atoms with Crippen molar-refractivity contribution in [1.29, 1.82) is 0 Å². The molecule has 3 aromatic rings. The van der Waals surface area contributed by atoms with Crippen LogP contribution in [0.25, 0.3) is 0 Å². The molecule has 0 aliphatic carbocycles. The van der Waals surface area contributed by atoms with Crippen LogP contribution in [0.1, 0.15) is 52.7 Å². The molecule has 8 nitrogen and oxygen atoms in total. The summed E-state index contributed by atoms with van der Waals surface area (Å²) < 4.78 is 6.79. The first kappa shape index (κ1) is 18.0. The molecule has 138 valence electrons. The summed E-state index contributed by atoms with van der Waals surface area (Å²) in [5.74, 6) is 1.72. The molecule has 3 rings (SSSR count). The fourth-order valence-electron chi connectivity index (χ4n) is 2.84. The fraction of sp³-hybridized carbons (Fsp3) is 0.500. The molecule has 0 fully saturated rings. The second-order valence-corrected chi connectivity index (χ2v) is 6.75. The summed E-state index contributed by atoms with van der Waals surface area (Å²) >= 11 is 0. The summed E-state index contributed by atoms with van der Waals surface area (Å²) in [6.45, 7) is 13.5. The normalized spacial score (nSPS) is 12.4. The Morgan fingerprint density at radius 1 is 1.08 bits per heavy atom. The van der Waals surface area contributed by atoms with Gasteiger partial charge in [-0.1, -0.05) is 17.2 Å². The molecule has 8 heteroatoms. The van der Waals surface area contributed by atoms with Crippen molar-refractivity contribution in [3.8, 4) is 0 Å². The minimum atomic E-state index is 0.213. The summed E-state index contributed by atoms with van der Waals surface area (Å²) in [4.78, 5) is 9.08. The van der Waals surface area contributed by atoms with Crippen molar-refractivity contribution in [2.24, 2.45) is 0 Å². The molecule has 0 unspecified atom stereocenters. The number of hydrogen-bond acceptors (Lipinski definition) is 7. The Balaban J connectivity index is 1.75. The van der Waals surface area contributed by atoms with E-state index in [-0.39, 0.29) is 5.92 Å². The van der Waals surface area contributed by atoms with Crippen LogP contribution in [-0.4, -0.2) is 30.1 Å². The first-order valence-electron chi connectivity index (χ1n) is 8.73. The molecule has 0 saturated heterocycles. The maximum atomic E-state index is 4.73. The molecule has 1 atom stereocenters. The first-order valence-corrected chi connectivity index (χ1v) is 8.73. The fourth-order valence-corrected chi connectivity index (χ4v) is 2.84. The molecule has 3 aromatic heterocycles. The number of anilines is 1. The summed E-state index contributed by atoms with van der Waals surface area (Å²) in [6, 6.07) is 1.99. The van der Waals surface area contributed by atoms with Crippen molar-refractivity contribution in [3.05, 3.63) is 45.9 Å². The van der Waals surface area contributed by atoms with Crippen LogP contribution in [0.4, 0.5) is 5.82 Å². The summed E-state index contributed by atoms with van der Waals surface area (Å²) in [7, 11) is 0. The number of aromatic nitrogens is 6. The number of aryl methyl sites for hydroxylation is 3. The molecular weight excluding hydrogens is 330 g/mol. The topological polar surface area (TPSA) is 94.6 Å². The Morgan fingerprint density at radius 3 is 2.46 bits per heavy atom. The van der Waals surface area contributed by atoms with Crippen LogP contribution in [0.15, 0.2) is 10.7 Å². The monoisotopic (exact) mass is 355 g/mol. The lowest BCUT2D eigenvalue weighted by Gasteiger charge is -2.15. The van der Waals surface area contributed by atoms with Crippen molar-refractivity contribution in [2.75, 3.05) is 5.32 Å². The number of nitrogens with zero attached hydrogens (tertiary/aromatic N) is 6. The Bertz CT molecular complexity index is 912. The lowest BCUT2D eigenvalue weighted by molar-refractivity contribution is 0.301. The van der Waals surface area contributed by atoms with E-state index in [4.69, 9.17) is 4.63 Å². The Labute approximate surface area is 153 Å². The highest BCUT2D eigenvalue weighted by molar-refractivity contribution is 5.37. The van der Waals surface area contributed by atoms with E-state index in [2.05, 4.69) is 56.1 Å². The molecule has 1 N–H and O–H groups in total. The van der Waals surface area contributed by atoms with Gasteiger partial charge in [-0.05, 0) is 40.2 Å². The average molecular weight is 355 g/mol. The van der Waals surface area contributed by atoms with E-state index in [1.54, 1.807) is 0 Å². The van der Waals surface area contributed by atoms with Gasteiger partial charge in [0, 0.05) is 24.2 Å². The number of rotatable bonds is 6. The Kier molecular flexibility index (Phi) is 5.01. The van der Waals surface area contributed by atoms with E-state index >= 15 is 0 Å². The molecule has 26 heavy (non-hydrogen) atoms. The van der Waals surface area contributed by atoms with E-state index in [0.717, 1.165) is 41.0 Å². The third kappa shape index (κ3) is 3.74. The van der Waals surface area contributed by atoms with Crippen LogP contribution in [0.2, 0.25) is 0 Å². The highest BCUT2D eigenvalue weighted by Crippen LogP contribution is 2.21. The van der Waals surface area contributed by atoms with Crippen LogP contribution in [0.5, 0.6) is 0 Å². The van der Waals surface area contributed by atoms with Crippen molar-refractivity contribution in [3.63, 3.8) is 0 Å². The lowest BCUT2D eigenvalue weighted by Crippen LogP contribution is -2.13. The van der Waals surface area contributed by atoms with E-state index in [1.807, 2.05) is 26.8 Å². The molecule has 0 radical (unpaired) electrons. The molecule has 0 aliphatic heterocycles. The summed E-state index contributed by atoms with van der Waals surface area (Å²) in [5.41, 5.74) is 6.06. The third-order valence-electron chi connectivity index (χ3n) is 4.74. The lowest BCUT2D eigenvalue weighted by atomic mass is 10.1. The molecule has 0 amide bonds. The quantitative estimate of drug-likeness (QED) is 0.726. The zero-order chi connectivity index (χ0) is 18.8. The minimum absolute atomic E-state index is 0.213. The first-order chi connectivity index (χ1) is 12.3. The van der Waals surface area contributed by atoms with Gasteiger partial charge in [0.25, 0.3) is 0 Å². The predicted molar refractivity (Wildman–Crippen MR) is 98.0 cm³/mol. The molecule has 3 heterocycles. The Hall–Kier alpha value is -2.77. The zero-order valence-corrected chi connectivity index (χ0v) is 16.2. The van der Waals surface area contributed by atoms with Crippen molar-refractivity contribution < 1.29 is 4.63 Å². The van der Waals surface area contributed by atoms with Gasteiger partial charge in [0.05, 0.1) is 17.9 Å². The molecule has 0 spiro atoms. The SMILES string of the molecule is Cc1nc(NCc2nonc2C)cc([C@H](C)Cn2nc(C)c(C)c2C)n1. The van der Waals surface area contributed by atoms with E-state index in [9.17, 15) is 0 Å². The number of hydrogen-bond donors (Lipinski definition) is 1. The molecule has 0 bridgehead atoms. The second kappa shape index (κ2) is 7.23.